The molecule has 1 atom stereocenters. The summed E-state index contributed by atoms with van der Waals surface area (Å²) < 4.78 is 0. The van der Waals surface area contributed by atoms with Crippen molar-refractivity contribution in [2.45, 2.75) is 12.5 Å². The topological polar surface area (TPSA) is 48.7 Å². The van der Waals surface area contributed by atoms with Crippen LogP contribution in [0.5, 0.6) is 0 Å². The first-order chi connectivity index (χ1) is 5.90. The first-order valence-electron chi connectivity index (χ1n) is 4.00. The lowest BCUT2D eigenvalue weighted by Gasteiger charge is -2.26. The molecule has 1 aromatic rings. The van der Waals surface area contributed by atoms with Crippen molar-refractivity contribution in [3.63, 3.8) is 0 Å². The van der Waals surface area contributed by atoms with Crippen molar-refractivity contribution in [1.82, 2.24) is 10.3 Å². The molecule has 1 saturated heterocycles. The predicted molar refractivity (Wildman–Crippen MR) is 44.3 cm³/mol. The van der Waals surface area contributed by atoms with E-state index in [1.54, 1.807) is 6.07 Å². The molecule has 1 N–H and O–H groups in total. The van der Waals surface area contributed by atoms with E-state index >= 15 is 0 Å². The van der Waals surface area contributed by atoms with Crippen molar-refractivity contribution < 1.29 is 0 Å². The molecule has 0 aliphatic carbocycles. The maximum Gasteiger partial charge on any atom is 0.140 e. The van der Waals surface area contributed by atoms with Gasteiger partial charge < -0.3 is 5.32 Å². The van der Waals surface area contributed by atoms with Crippen molar-refractivity contribution in [2.75, 3.05) is 6.54 Å². The Kier molecular flexibility index (Phi) is 1.77. The fraction of sp³-hybridized carbons (Fsp3) is 0.333. The van der Waals surface area contributed by atoms with Crippen LogP contribution in [0.2, 0.25) is 0 Å². The van der Waals surface area contributed by atoms with Gasteiger partial charge in [0, 0.05) is 0 Å². The molecule has 3 heteroatoms. The summed E-state index contributed by atoms with van der Waals surface area (Å²) >= 11 is 0. The van der Waals surface area contributed by atoms with E-state index in [-0.39, 0.29) is 0 Å². The molecule has 0 spiro atoms. The zero-order chi connectivity index (χ0) is 8.39. The zero-order valence-electron chi connectivity index (χ0n) is 6.62. The second-order valence-corrected chi connectivity index (χ2v) is 2.85. The SMILES string of the molecule is N#Cc1cccc([C@@H]2CCN2)n1. The maximum absolute atomic E-state index is 8.60. The minimum absolute atomic E-state index is 0.373. The molecule has 0 saturated carbocycles. The van der Waals surface area contributed by atoms with Gasteiger partial charge in [0.25, 0.3) is 0 Å². The minimum Gasteiger partial charge on any atom is -0.309 e. The van der Waals surface area contributed by atoms with Crippen LogP contribution in [0.4, 0.5) is 0 Å². The molecule has 2 heterocycles. The van der Waals surface area contributed by atoms with Crippen LogP contribution < -0.4 is 5.32 Å². The third-order valence-electron chi connectivity index (χ3n) is 2.07. The van der Waals surface area contributed by atoms with E-state index in [1.807, 2.05) is 18.2 Å². The Balaban J connectivity index is 2.27. The standard InChI is InChI=1S/C9H9N3/c10-6-7-2-1-3-9(12-7)8-4-5-11-8/h1-3,8,11H,4-5H2/t8-/m0/s1. The third kappa shape index (κ3) is 1.17. The summed E-state index contributed by atoms with van der Waals surface area (Å²) in [6.07, 6.45) is 1.13. The van der Waals surface area contributed by atoms with Gasteiger partial charge in [0.2, 0.25) is 0 Å². The average Bonchev–Trinajstić information content (AvgIpc) is 2.02. The second kappa shape index (κ2) is 2.92. The van der Waals surface area contributed by atoms with E-state index in [4.69, 9.17) is 5.26 Å². The molecule has 1 aromatic heterocycles. The van der Waals surface area contributed by atoms with E-state index in [0.29, 0.717) is 11.7 Å². The minimum atomic E-state index is 0.373. The molecule has 0 bridgehead atoms. The van der Waals surface area contributed by atoms with Gasteiger partial charge in [-0.1, -0.05) is 6.07 Å². The summed E-state index contributed by atoms with van der Waals surface area (Å²) in [6.45, 7) is 1.06. The fourth-order valence-corrected chi connectivity index (χ4v) is 1.25. The normalized spacial score (nSPS) is 21.1. The number of rotatable bonds is 1. The van der Waals surface area contributed by atoms with Crippen molar-refractivity contribution in [1.29, 1.82) is 5.26 Å². The molecule has 12 heavy (non-hydrogen) atoms. The van der Waals surface area contributed by atoms with Crippen LogP contribution in [0, 0.1) is 11.3 Å². The average molecular weight is 159 g/mol. The Bertz CT molecular complexity index is 323. The predicted octanol–water partition coefficient (Wildman–Crippen LogP) is 0.988. The number of nitriles is 1. The highest BCUT2D eigenvalue weighted by molar-refractivity contribution is 5.24. The van der Waals surface area contributed by atoms with E-state index in [0.717, 1.165) is 18.7 Å². The number of hydrogen-bond acceptors (Lipinski definition) is 3. The molecule has 0 unspecified atom stereocenters. The maximum atomic E-state index is 8.60. The Morgan fingerprint density at radius 1 is 1.58 bits per heavy atom. The number of nitrogens with one attached hydrogen (secondary N) is 1. The lowest BCUT2D eigenvalue weighted by atomic mass is 10.0. The number of aromatic nitrogens is 1. The zero-order valence-corrected chi connectivity index (χ0v) is 6.62. The van der Waals surface area contributed by atoms with Crippen LogP contribution in [0.3, 0.4) is 0 Å². The lowest BCUT2D eigenvalue weighted by molar-refractivity contribution is 0.375. The summed E-state index contributed by atoms with van der Waals surface area (Å²) in [4.78, 5) is 4.19. The van der Waals surface area contributed by atoms with Crippen LogP contribution >= 0.6 is 0 Å². The fourth-order valence-electron chi connectivity index (χ4n) is 1.25. The molecule has 0 radical (unpaired) electrons. The molecule has 1 fully saturated rings. The summed E-state index contributed by atoms with van der Waals surface area (Å²) in [6, 6.07) is 7.96. The van der Waals surface area contributed by atoms with Gasteiger partial charge >= 0.3 is 0 Å². The lowest BCUT2D eigenvalue weighted by Crippen LogP contribution is -2.35. The van der Waals surface area contributed by atoms with Gasteiger partial charge in [-0.2, -0.15) is 5.26 Å². The highest BCUT2D eigenvalue weighted by Crippen LogP contribution is 2.20. The van der Waals surface area contributed by atoms with Crippen LogP contribution in [0.25, 0.3) is 0 Å². The van der Waals surface area contributed by atoms with E-state index < -0.39 is 0 Å². The van der Waals surface area contributed by atoms with Gasteiger partial charge in [0.15, 0.2) is 0 Å². The van der Waals surface area contributed by atoms with Gasteiger partial charge in [0.1, 0.15) is 11.8 Å². The number of nitrogens with zero attached hydrogens (tertiary/aromatic N) is 2. The molecule has 0 aromatic carbocycles. The van der Waals surface area contributed by atoms with Gasteiger partial charge in [-0.05, 0) is 25.1 Å². The molecule has 2 rings (SSSR count). The quantitative estimate of drug-likeness (QED) is 0.664. The molecule has 1 aliphatic heterocycles. The van der Waals surface area contributed by atoms with Crippen molar-refractivity contribution in [2.24, 2.45) is 0 Å². The second-order valence-electron chi connectivity index (χ2n) is 2.85. The molecular formula is C9H9N3. The summed E-state index contributed by atoms with van der Waals surface area (Å²) in [7, 11) is 0. The van der Waals surface area contributed by atoms with Crippen molar-refractivity contribution in [3.05, 3.63) is 29.6 Å². The number of pyridine rings is 1. The molecule has 1 aliphatic rings. The van der Waals surface area contributed by atoms with Crippen LogP contribution in [0.1, 0.15) is 23.9 Å². The summed E-state index contributed by atoms with van der Waals surface area (Å²) in [5.41, 5.74) is 1.49. The van der Waals surface area contributed by atoms with Crippen LogP contribution in [-0.4, -0.2) is 11.5 Å². The molecule has 0 amide bonds. The van der Waals surface area contributed by atoms with Crippen molar-refractivity contribution >= 4 is 0 Å². The van der Waals surface area contributed by atoms with Crippen molar-refractivity contribution in [3.8, 4) is 6.07 Å². The molecular weight excluding hydrogens is 150 g/mol. The Labute approximate surface area is 71.0 Å². The van der Waals surface area contributed by atoms with Gasteiger partial charge in [-0.15, -0.1) is 0 Å². The first-order valence-corrected chi connectivity index (χ1v) is 4.00. The van der Waals surface area contributed by atoms with Gasteiger partial charge in [-0.25, -0.2) is 4.98 Å². The monoisotopic (exact) mass is 159 g/mol. The third-order valence-corrected chi connectivity index (χ3v) is 2.07. The molecule has 60 valence electrons. The Morgan fingerprint density at radius 2 is 2.42 bits per heavy atom. The van der Waals surface area contributed by atoms with E-state index in [9.17, 15) is 0 Å². The number of hydrogen-bond donors (Lipinski definition) is 1. The van der Waals surface area contributed by atoms with Crippen LogP contribution in [0.15, 0.2) is 18.2 Å². The first kappa shape index (κ1) is 7.26. The van der Waals surface area contributed by atoms with Gasteiger partial charge in [-0.3, -0.25) is 0 Å². The van der Waals surface area contributed by atoms with Gasteiger partial charge in [0.05, 0.1) is 11.7 Å². The summed E-state index contributed by atoms with van der Waals surface area (Å²) in [5.74, 6) is 0. The largest absolute Gasteiger partial charge is 0.309 e. The highest BCUT2D eigenvalue weighted by atomic mass is 15.0. The summed E-state index contributed by atoms with van der Waals surface area (Å²) in [5, 5.41) is 11.8. The van der Waals surface area contributed by atoms with Crippen LogP contribution in [-0.2, 0) is 0 Å². The van der Waals surface area contributed by atoms with E-state index in [2.05, 4.69) is 10.3 Å². The van der Waals surface area contributed by atoms with E-state index in [1.165, 1.54) is 0 Å². The smallest absolute Gasteiger partial charge is 0.140 e. The Morgan fingerprint density at radius 3 is 3.00 bits per heavy atom. The molecule has 3 nitrogen and oxygen atoms in total. The Hall–Kier alpha value is -1.40. The highest BCUT2D eigenvalue weighted by Gasteiger charge is 2.19.